The van der Waals surface area contributed by atoms with E-state index in [2.05, 4.69) is 23.6 Å². The van der Waals surface area contributed by atoms with Gasteiger partial charge in [0, 0.05) is 21.1 Å². The van der Waals surface area contributed by atoms with Gasteiger partial charge >= 0.3 is 0 Å². The lowest BCUT2D eigenvalue weighted by atomic mass is 10.2. The Labute approximate surface area is 110 Å². The van der Waals surface area contributed by atoms with E-state index in [1.54, 1.807) is 30.0 Å². The molecule has 0 aliphatic heterocycles. The molecule has 0 spiro atoms. The second kappa shape index (κ2) is 6.03. The number of Topliss-reactive ketones (excluding diaryl/α,β-unsaturated/α-hetero) is 1. The largest absolute Gasteiger partial charge is 0.295 e. The summed E-state index contributed by atoms with van der Waals surface area (Å²) in [5, 5.41) is 2.11. The smallest absolute Gasteiger partial charge is 0.159 e. The van der Waals surface area contributed by atoms with Crippen LogP contribution in [0, 0.1) is 0 Å². The summed E-state index contributed by atoms with van der Waals surface area (Å²) < 4.78 is 0. The van der Waals surface area contributed by atoms with Crippen molar-refractivity contribution in [1.29, 1.82) is 0 Å². The zero-order valence-electron chi connectivity index (χ0n) is 9.68. The van der Waals surface area contributed by atoms with E-state index in [0.717, 1.165) is 17.7 Å². The average molecular weight is 262 g/mol. The Hall–Kier alpha value is -1.06. The maximum Gasteiger partial charge on any atom is 0.159 e. The highest BCUT2D eigenvalue weighted by Crippen LogP contribution is 2.21. The van der Waals surface area contributed by atoms with Crippen LogP contribution in [0.15, 0.2) is 46.7 Å². The number of hydrogen-bond acceptors (Lipinski definition) is 3. The monoisotopic (exact) mass is 262 g/mol. The Kier molecular flexibility index (Phi) is 4.40. The van der Waals surface area contributed by atoms with Crippen LogP contribution in [0.2, 0.25) is 0 Å². The fourth-order valence-corrected chi connectivity index (χ4v) is 3.31. The number of aryl methyl sites for hydroxylation is 1. The first-order valence-electron chi connectivity index (χ1n) is 5.52. The summed E-state index contributed by atoms with van der Waals surface area (Å²) in [5.41, 5.74) is 0.797. The summed E-state index contributed by atoms with van der Waals surface area (Å²) in [5.74, 6) is 1.19. The molecule has 88 valence electrons. The van der Waals surface area contributed by atoms with Gasteiger partial charge in [0.05, 0.1) is 0 Å². The van der Waals surface area contributed by atoms with Crippen molar-refractivity contribution in [1.82, 2.24) is 0 Å². The van der Waals surface area contributed by atoms with E-state index in [0.29, 0.717) is 0 Å². The zero-order chi connectivity index (χ0) is 12.1. The maximum absolute atomic E-state index is 11.3. The number of thiophene rings is 1. The van der Waals surface area contributed by atoms with E-state index in [1.807, 2.05) is 18.2 Å². The molecule has 0 unspecified atom stereocenters. The van der Waals surface area contributed by atoms with Crippen LogP contribution in [-0.2, 0) is 6.42 Å². The van der Waals surface area contributed by atoms with Crippen LogP contribution >= 0.6 is 23.1 Å². The Morgan fingerprint density at radius 2 is 2.18 bits per heavy atom. The molecule has 0 fully saturated rings. The molecule has 0 aliphatic carbocycles. The third kappa shape index (κ3) is 3.72. The highest BCUT2D eigenvalue weighted by Gasteiger charge is 2.01. The quantitative estimate of drug-likeness (QED) is 0.591. The molecule has 0 aliphatic rings. The molecule has 0 bridgehead atoms. The topological polar surface area (TPSA) is 17.1 Å². The second-order valence-electron chi connectivity index (χ2n) is 3.76. The normalized spacial score (nSPS) is 10.4. The van der Waals surface area contributed by atoms with Gasteiger partial charge in [0.2, 0.25) is 0 Å². The van der Waals surface area contributed by atoms with Crippen molar-refractivity contribution in [2.45, 2.75) is 18.2 Å². The predicted octanol–water partition coefficient (Wildman–Crippen LogP) is 4.29. The molecule has 0 atom stereocenters. The van der Waals surface area contributed by atoms with Gasteiger partial charge in [-0.25, -0.2) is 0 Å². The van der Waals surface area contributed by atoms with Crippen LogP contribution in [0.1, 0.15) is 22.2 Å². The molecule has 2 aromatic rings. The van der Waals surface area contributed by atoms with Crippen molar-refractivity contribution >= 4 is 28.9 Å². The Balaban J connectivity index is 1.90. The molecule has 3 heteroatoms. The van der Waals surface area contributed by atoms with E-state index in [-0.39, 0.29) is 5.78 Å². The van der Waals surface area contributed by atoms with Gasteiger partial charge in [0.25, 0.3) is 0 Å². The first-order valence-corrected chi connectivity index (χ1v) is 7.38. The van der Waals surface area contributed by atoms with Crippen molar-refractivity contribution in [2.24, 2.45) is 0 Å². The molecule has 1 nitrogen and oxygen atoms in total. The van der Waals surface area contributed by atoms with E-state index < -0.39 is 0 Å². The summed E-state index contributed by atoms with van der Waals surface area (Å²) >= 11 is 3.60. The van der Waals surface area contributed by atoms with Gasteiger partial charge < -0.3 is 0 Å². The lowest BCUT2D eigenvalue weighted by Gasteiger charge is -2.02. The molecule has 2 rings (SSSR count). The number of ketones is 1. The SMILES string of the molecule is CC(=O)c1cccc(SCCc2cccs2)c1. The minimum atomic E-state index is 0.130. The molecule has 1 aromatic carbocycles. The lowest BCUT2D eigenvalue weighted by molar-refractivity contribution is 0.101. The first-order chi connectivity index (χ1) is 8.25. The van der Waals surface area contributed by atoms with Crippen molar-refractivity contribution in [2.75, 3.05) is 5.75 Å². The standard InChI is InChI=1S/C14H14OS2/c1-11(15)12-4-2-5-14(10-12)17-9-7-13-6-3-8-16-13/h2-6,8,10H,7,9H2,1H3. The first kappa shape index (κ1) is 12.4. The molecule has 0 saturated carbocycles. The van der Waals surface area contributed by atoms with Gasteiger partial charge in [-0.3, -0.25) is 4.79 Å². The number of carbonyl (C=O) groups excluding carboxylic acids is 1. The third-order valence-corrected chi connectivity index (χ3v) is 4.37. The number of carbonyl (C=O) groups is 1. The van der Waals surface area contributed by atoms with Crippen LogP contribution in [0.25, 0.3) is 0 Å². The molecule has 1 aromatic heterocycles. The third-order valence-electron chi connectivity index (χ3n) is 2.44. The highest BCUT2D eigenvalue weighted by molar-refractivity contribution is 7.99. The van der Waals surface area contributed by atoms with E-state index in [9.17, 15) is 4.79 Å². The molecule has 0 radical (unpaired) electrons. The zero-order valence-corrected chi connectivity index (χ0v) is 11.3. The van der Waals surface area contributed by atoms with E-state index >= 15 is 0 Å². The van der Waals surface area contributed by atoms with Gasteiger partial charge in [0.1, 0.15) is 0 Å². The molecule has 0 N–H and O–H groups in total. The van der Waals surface area contributed by atoms with E-state index in [1.165, 1.54) is 9.77 Å². The second-order valence-corrected chi connectivity index (χ2v) is 5.96. The van der Waals surface area contributed by atoms with Gasteiger partial charge in [0.15, 0.2) is 5.78 Å². The van der Waals surface area contributed by atoms with Gasteiger partial charge in [-0.15, -0.1) is 23.1 Å². The van der Waals surface area contributed by atoms with Crippen molar-refractivity contribution in [3.8, 4) is 0 Å². The van der Waals surface area contributed by atoms with Crippen molar-refractivity contribution in [3.63, 3.8) is 0 Å². The van der Waals surface area contributed by atoms with Crippen LogP contribution < -0.4 is 0 Å². The van der Waals surface area contributed by atoms with Crippen LogP contribution in [0.5, 0.6) is 0 Å². The maximum atomic E-state index is 11.3. The average Bonchev–Trinajstić information content (AvgIpc) is 2.82. The number of hydrogen-bond donors (Lipinski definition) is 0. The molecule has 1 heterocycles. The number of rotatable bonds is 5. The summed E-state index contributed by atoms with van der Waals surface area (Å²) in [7, 11) is 0. The molecular weight excluding hydrogens is 248 g/mol. The van der Waals surface area contributed by atoms with Gasteiger partial charge in [-0.05, 0) is 36.9 Å². The number of benzene rings is 1. The van der Waals surface area contributed by atoms with Crippen LogP contribution in [0.3, 0.4) is 0 Å². The Bertz CT molecular complexity index is 489. The summed E-state index contributed by atoms with van der Waals surface area (Å²) in [4.78, 5) is 13.8. The summed E-state index contributed by atoms with van der Waals surface area (Å²) in [6.45, 7) is 1.61. The van der Waals surface area contributed by atoms with Crippen LogP contribution in [0.4, 0.5) is 0 Å². The fraction of sp³-hybridized carbons (Fsp3) is 0.214. The van der Waals surface area contributed by atoms with Crippen molar-refractivity contribution < 1.29 is 4.79 Å². The Morgan fingerprint density at radius 3 is 2.88 bits per heavy atom. The molecule has 0 amide bonds. The summed E-state index contributed by atoms with van der Waals surface area (Å²) in [6, 6.07) is 12.1. The highest BCUT2D eigenvalue weighted by atomic mass is 32.2. The molecule has 17 heavy (non-hydrogen) atoms. The molecular formula is C14H14OS2. The Morgan fingerprint density at radius 1 is 1.29 bits per heavy atom. The summed E-state index contributed by atoms with van der Waals surface area (Å²) in [6.07, 6.45) is 1.09. The van der Waals surface area contributed by atoms with Gasteiger partial charge in [-0.1, -0.05) is 18.2 Å². The molecule has 0 saturated heterocycles. The van der Waals surface area contributed by atoms with Crippen molar-refractivity contribution in [3.05, 3.63) is 52.2 Å². The van der Waals surface area contributed by atoms with E-state index in [4.69, 9.17) is 0 Å². The predicted molar refractivity (Wildman–Crippen MR) is 75.2 cm³/mol. The minimum absolute atomic E-state index is 0.130. The number of thioether (sulfide) groups is 1. The minimum Gasteiger partial charge on any atom is -0.295 e. The fourth-order valence-electron chi connectivity index (χ4n) is 1.53. The lowest BCUT2D eigenvalue weighted by Crippen LogP contribution is -1.91. The van der Waals surface area contributed by atoms with Crippen LogP contribution in [-0.4, -0.2) is 11.5 Å². The van der Waals surface area contributed by atoms with Gasteiger partial charge in [-0.2, -0.15) is 0 Å².